The third kappa shape index (κ3) is 3.16. The molecule has 1 atom stereocenters. The molecule has 0 amide bonds. The molecule has 1 aliphatic heterocycles. The van der Waals surface area contributed by atoms with Crippen molar-refractivity contribution in [1.82, 2.24) is 0 Å². The molecule has 0 saturated carbocycles. The normalized spacial score (nSPS) is 16.5. The number of carbonyl (C=O) groups excluding carboxylic acids is 1. The van der Waals surface area contributed by atoms with Gasteiger partial charge >= 0.3 is 5.97 Å². The molecule has 0 fully saturated rings. The average Bonchev–Trinajstić information content (AvgIpc) is 2.56. The van der Waals surface area contributed by atoms with Crippen LogP contribution in [0.3, 0.4) is 0 Å². The summed E-state index contributed by atoms with van der Waals surface area (Å²) >= 11 is 11.5. The lowest BCUT2D eigenvalue weighted by Crippen LogP contribution is -2.43. The number of halogens is 1. The van der Waals surface area contributed by atoms with Gasteiger partial charge in [0.15, 0.2) is 5.11 Å². The van der Waals surface area contributed by atoms with Crippen LogP contribution in [0, 0.1) is 0 Å². The second-order valence-electron chi connectivity index (χ2n) is 5.16. The first-order valence-electron chi connectivity index (χ1n) is 7.11. The van der Waals surface area contributed by atoms with E-state index in [0.717, 1.165) is 16.9 Å². The predicted molar refractivity (Wildman–Crippen MR) is 96.0 cm³/mol. The molecule has 2 aromatic rings. The monoisotopic (exact) mass is 346 g/mol. The van der Waals surface area contributed by atoms with Crippen molar-refractivity contribution < 1.29 is 9.53 Å². The number of hydrogen-bond donors (Lipinski definition) is 1. The second-order valence-corrected chi connectivity index (χ2v) is 5.98. The minimum atomic E-state index is -0.284. The molecule has 4 nitrogen and oxygen atoms in total. The predicted octanol–water partition coefficient (Wildman–Crippen LogP) is 4.16. The molecule has 1 N–H and O–H groups in total. The number of ether oxygens (including phenoxy) is 1. The van der Waals surface area contributed by atoms with Crippen LogP contribution in [0.5, 0.6) is 0 Å². The van der Waals surface area contributed by atoms with Gasteiger partial charge in [-0.15, -0.1) is 0 Å². The molecule has 2 aromatic carbocycles. The fourth-order valence-electron chi connectivity index (χ4n) is 2.70. The van der Waals surface area contributed by atoms with Gasteiger partial charge in [-0.25, -0.2) is 0 Å². The lowest BCUT2D eigenvalue weighted by molar-refractivity contribution is -0.141. The van der Waals surface area contributed by atoms with Gasteiger partial charge in [0.25, 0.3) is 0 Å². The Labute approximate surface area is 145 Å². The minimum absolute atomic E-state index is 0.206. The van der Waals surface area contributed by atoms with Gasteiger partial charge in [-0.1, -0.05) is 29.8 Å². The van der Waals surface area contributed by atoms with Crippen LogP contribution in [0.1, 0.15) is 18.0 Å². The van der Waals surface area contributed by atoms with Crippen molar-refractivity contribution in [3.05, 3.63) is 59.1 Å². The maximum atomic E-state index is 11.9. The minimum Gasteiger partial charge on any atom is -0.469 e. The van der Waals surface area contributed by atoms with Crippen molar-refractivity contribution in [2.75, 3.05) is 17.3 Å². The van der Waals surface area contributed by atoms with E-state index in [1.807, 2.05) is 41.3 Å². The standard InChI is InChI=1S/C17H15ClN2O2S/c1-22-16(21)10-15-13-4-2-3-5-14(13)19-17(23)20(15)12-8-6-11(18)7-9-12/h2-9,15H,10H2,1H3,(H,19,23). The fourth-order valence-corrected chi connectivity index (χ4v) is 3.17. The summed E-state index contributed by atoms with van der Waals surface area (Å²) in [6.45, 7) is 0. The summed E-state index contributed by atoms with van der Waals surface area (Å²) in [6, 6.07) is 15.0. The Morgan fingerprint density at radius 1 is 1.26 bits per heavy atom. The SMILES string of the molecule is COC(=O)CC1c2ccccc2NC(=S)N1c1ccc(Cl)cc1. The summed E-state index contributed by atoms with van der Waals surface area (Å²) in [6.07, 6.45) is 0.206. The highest BCUT2D eigenvalue weighted by Gasteiger charge is 2.33. The first-order chi connectivity index (χ1) is 11.1. The number of anilines is 2. The van der Waals surface area contributed by atoms with Crippen LogP contribution in [0.25, 0.3) is 0 Å². The Kier molecular flexibility index (Phi) is 4.50. The van der Waals surface area contributed by atoms with Gasteiger partial charge in [0.1, 0.15) is 0 Å². The number of rotatable bonds is 3. The largest absolute Gasteiger partial charge is 0.469 e. The first-order valence-corrected chi connectivity index (χ1v) is 7.90. The van der Waals surface area contributed by atoms with Crippen LogP contribution in [0.15, 0.2) is 48.5 Å². The Morgan fingerprint density at radius 3 is 2.65 bits per heavy atom. The van der Waals surface area contributed by atoms with Crippen molar-refractivity contribution in [2.24, 2.45) is 0 Å². The van der Waals surface area contributed by atoms with Crippen molar-refractivity contribution in [3.63, 3.8) is 0 Å². The molecule has 118 valence electrons. The Hall–Kier alpha value is -2.11. The first kappa shape index (κ1) is 15.8. The highest BCUT2D eigenvalue weighted by Crippen LogP contribution is 2.38. The van der Waals surface area contributed by atoms with Crippen LogP contribution in [0.2, 0.25) is 5.02 Å². The van der Waals surface area contributed by atoms with Crippen LogP contribution in [0.4, 0.5) is 11.4 Å². The van der Waals surface area contributed by atoms with Crippen LogP contribution in [-0.2, 0) is 9.53 Å². The molecule has 1 unspecified atom stereocenters. The number of benzene rings is 2. The third-order valence-electron chi connectivity index (χ3n) is 3.78. The topological polar surface area (TPSA) is 41.6 Å². The summed E-state index contributed by atoms with van der Waals surface area (Å²) in [5, 5.41) is 4.41. The smallest absolute Gasteiger partial charge is 0.307 e. The molecular weight excluding hydrogens is 332 g/mol. The molecule has 1 heterocycles. The maximum absolute atomic E-state index is 11.9. The third-order valence-corrected chi connectivity index (χ3v) is 4.34. The van der Waals surface area contributed by atoms with Gasteiger partial charge < -0.3 is 15.0 Å². The zero-order valence-corrected chi connectivity index (χ0v) is 14.0. The highest BCUT2D eigenvalue weighted by molar-refractivity contribution is 7.80. The van der Waals surface area contributed by atoms with Crippen LogP contribution in [-0.4, -0.2) is 18.2 Å². The average molecular weight is 347 g/mol. The molecule has 0 radical (unpaired) electrons. The number of nitrogens with one attached hydrogen (secondary N) is 1. The number of methoxy groups -OCH3 is 1. The molecule has 6 heteroatoms. The molecule has 3 rings (SSSR count). The molecule has 1 aliphatic rings. The van der Waals surface area contributed by atoms with E-state index in [1.165, 1.54) is 7.11 Å². The highest BCUT2D eigenvalue weighted by atomic mass is 35.5. The van der Waals surface area contributed by atoms with E-state index < -0.39 is 0 Å². The number of carbonyl (C=O) groups is 1. The number of hydrogen-bond acceptors (Lipinski definition) is 3. The molecule has 0 spiro atoms. The van der Waals surface area contributed by atoms with E-state index in [1.54, 1.807) is 12.1 Å². The van der Waals surface area contributed by atoms with Gasteiger partial charge in [-0.05, 0) is 48.1 Å². The molecular formula is C17H15ClN2O2S. The summed E-state index contributed by atoms with van der Waals surface area (Å²) in [5.74, 6) is -0.284. The summed E-state index contributed by atoms with van der Waals surface area (Å²) in [5.41, 5.74) is 2.79. The second kappa shape index (κ2) is 6.56. The van der Waals surface area contributed by atoms with Gasteiger partial charge in [-0.2, -0.15) is 0 Å². The zero-order valence-electron chi connectivity index (χ0n) is 12.5. The number of thiocarbonyl (C=S) groups is 1. The van der Waals surface area contributed by atoms with Crippen molar-refractivity contribution in [3.8, 4) is 0 Å². The van der Waals surface area contributed by atoms with E-state index >= 15 is 0 Å². The molecule has 0 bridgehead atoms. The van der Waals surface area contributed by atoms with Crippen molar-refractivity contribution in [2.45, 2.75) is 12.5 Å². The van der Waals surface area contributed by atoms with E-state index in [-0.39, 0.29) is 18.4 Å². The quantitative estimate of drug-likeness (QED) is 0.667. The van der Waals surface area contributed by atoms with Gasteiger partial charge in [0.05, 0.1) is 19.6 Å². The van der Waals surface area contributed by atoms with E-state index in [0.29, 0.717) is 10.1 Å². The van der Waals surface area contributed by atoms with Crippen molar-refractivity contribution >= 4 is 46.3 Å². The Bertz CT molecular complexity index is 749. The molecule has 0 aromatic heterocycles. The lowest BCUT2D eigenvalue weighted by atomic mass is 9.97. The molecule has 23 heavy (non-hydrogen) atoms. The van der Waals surface area contributed by atoms with Gasteiger partial charge in [0.2, 0.25) is 0 Å². The maximum Gasteiger partial charge on any atom is 0.307 e. The van der Waals surface area contributed by atoms with Gasteiger partial charge in [0, 0.05) is 16.4 Å². The summed E-state index contributed by atoms with van der Waals surface area (Å²) < 4.78 is 4.86. The number of nitrogens with zero attached hydrogens (tertiary/aromatic N) is 1. The molecule has 0 saturated heterocycles. The number of para-hydroxylation sites is 1. The number of fused-ring (bicyclic) bond motifs is 1. The lowest BCUT2D eigenvalue weighted by Gasteiger charge is -2.39. The van der Waals surface area contributed by atoms with E-state index in [9.17, 15) is 4.79 Å². The summed E-state index contributed by atoms with van der Waals surface area (Å²) in [7, 11) is 1.39. The Balaban J connectivity index is 2.06. The van der Waals surface area contributed by atoms with Gasteiger partial charge in [-0.3, -0.25) is 4.79 Å². The summed E-state index contributed by atoms with van der Waals surface area (Å²) in [4.78, 5) is 13.8. The van der Waals surface area contributed by atoms with E-state index in [2.05, 4.69) is 5.32 Å². The fraction of sp³-hybridized carbons (Fsp3) is 0.176. The van der Waals surface area contributed by atoms with Crippen LogP contribution >= 0.6 is 23.8 Å². The van der Waals surface area contributed by atoms with Crippen LogP contribution < -0.4 is 10.2 Å². The number of esters is 1. The van der Waals surface area contributed by atoms with Crippen molar-refractivity contribution in [1.29, 1.82) is 0 Å². The Morgan fingerprint density at radius 2 is 1.96 bits per heavy atom. The van der Waals surface area contributed by atoms with E-state index in [4.69, 9.17) is 28.6 Å². The molecule has 0 aliphatic carbocycles. The zero-order chi connectivity index (χ0) is 16.4.